The first kappa shape index (κ1) is 18.0. The molecule has 0 unspecified atom stereocenters. The van der Waals surface area contributed by atoms with E-state index in [-0.39, 0.29) is 17.4 Å². The van der Waals surface area contributed by atoms with Crippen molar-refractivity contribution in [1.29, 1.82) is 0 Å². The molecule has 1 aliphatic rings. The van der Waals surface area contributed by atoms with Gasteiger partial charge in [-0.1, -0.05) is 66.7 Å². The molecule has 0 spiro atoms. The van der Waals surface area contributed by atoms with Gasteiger partial charge in [0.25, 0.3) is 5.91 Å². The molecule has 4 nitrogen and oxygen atoms in total. The van der Waals surface area contributed by atoms with Crippen molar-refractivity contribution < 1.29 is 15.0 Å². The Kier molecular flexibility index (Phi) is 4.25. The van der Waals surface area contributed by atoms with Crippen LogP contribution in [0.1, 0.15) is 15.9 Å². The van der Waals surface area contributed by atoms with Gasteiger partial charge in [-0.2, -0.15) is 0 Å². The molecule has 0 aromatic heterocycles. The number of phenols is 2. The normalized spacial score (nSPS) is 12.8. The summed E-state index contributed by atoms with van der Waals surface area (Å²) in [5.41, 5.74) is 5.05. The minimum Gasteiger partial charge on any atom is -0.507 e. The van der Waals surface area contributed by atoms with Gasteiger partial charge in [0.15, 0.2) is 0 Å². The van der Waals surface area contributed by atoms with Crippen LogP contribution in [-0.4, -0.2) is 16.1 Å². The van der Waals surface area contributed by atoms with Crippen molar-refractivity contribution in [3.8, 4) is 33.8 Å². The van der Waals surface area contributed by atoms with Crippen molar-refractivity contribution in [2.45, 2.75) is 6.54 Å². The third kappa shape index (κ3) is 2.81. The number of hydrogen-bond acceptors (Lipinski definition) is 3. The Balaban J connectivity index is 1.77. The number of fused-ring (bicyclic) bond motifs is 1. The molecule has 4 aromatic rings. The number of anilines is 1. The zero-order valence-corrected chi connectivity index (χ0v) is 16.1. The predicted octanol–water partition coefficient (Wildman–Crippen LogP) is 5.59. The van der Waals surface area contributed by atoms with E-state index in [0.29, 0.717) is 34.5 Å². The first-order valence-electron chi connectivity index (χ1n) is 9.74. The van der Waals surface area contributed by atoms with Crippen LogP contribution in [0.4, 0.5) is 5.69 Å². The average molecular weight is 393 g/mol. The fourth-order valence-electron chi connectivity index (χ4n) is 4.11. The third-order valence-corrected chi connectivity index (χ3v) is 5.52. The number of rotatable bonds is 3. The van der Waals surface area contributed by atoms with E-state index in [9.17, 15) is 15.0 Å². The van der Waals surface area contributed by atoms with Gasteiger partial charge in [0.1, 0.15) is 11.5 Å². The van der Waals surface area contributed by atoms with Crippen LogP contribution in [0.15, 0.2) is 91.0 Å². The highest BCUT2D eigenvalue weighted by molar-refractivity contribution is 6.13. The molecule has 5 rings (SSSR count). The zero-order chi connectivity index (χ0) is 20.7. The number of amides is 1. The minimum absolute atomic E-state index is 0.0725. The largest absolute Gasteiger partial charge is 0.507 e. The van der Waals surface area contributed by atoms with Gasteiger partial charge in [-0.3, -0.25) is 4.79 Å². The van der Waals surface area contributed by atoms with Crippen molar-refractivity contribution >= 4 is 11.6 Å². The molecule has 1 amide bonds. The second-order valence-corrected chi connectivity index (χ2v) is 7.28. The zero-order valence-electron chi connectivity index (χ0n) is 16.1. The molecule has 1 heterocycles. The fraction of sp³-hybridized carbons (Fsp3) is 0.0385. The van der Waals surface area contributed by atoms with Crippen LogP contribution in [0.2, 0.25) is 0 Å². The maximum atomic E-state index is 13.2. The van der Waals surface area contributed by atoms with E-state index in [1.807, 2.05) is 66.7 Å². The summed E-state index contributed by atoms with van der Waals surface area (Å²) in [5.74, 6) is 0.185. The van der Waals surface area contributed by atoms with Crippen LogP contribution >= 0.6 is 0 Å². The van der Waals surface area contributed by atoms with Gasteiger partial charge in [0.2, 0.25) is 0 Å². The number of para-hydroxylation sites is 2. The summed E-state index contributed by atoms with van der Waals surface area (Å²) >= 11 is 0. The van der Waals surface area contributed by atoms with Crippen molar-refractivity contribution in [1.82, 2.24) is 0 Å². The molecular formula is C26H19NO3. The Morgan fingerprint density at radius 3 is 1.83 bits per heavy atom. The summed E-state index contributed by atoms with van der Waals surface area (Å²) in [5, 5.41) is 21.2. The minimum atomic E-state index is -0.0725. The number of benzene rings is 4. The van der Waals surface area contributed by atoms with Crippen molar-refractivity contribution in [3.63, 3.8) is 0 Å². The average Bonchev–Trinajstić information content (AvgIpc) is 3.11. The molecule has 4 heteroatoms. The lowest BCUT2D eigenvalue weighted by Gasteiger charge is -2.23. The number of nitrogens with zero attached hydrogens (tertiary/aromatic N) is 1. The van der Waals surface area contributed by atoms with E-state index in [1.54, 1.807) is 29.2 Å². The van der Waals surface area contributed by atoms with Crippen LogP contribution in [-0.2, 0) is 6.54 Å². The molecule has 30 heavy (non-hydrogen) atoms. The van der Waals surface area contributed by atoms with Gasteiger partial charge in [0, 0.05) is 22.3 Å². The lowest BCUT2D eigenvalue weighted by molar-refractivity contribution is 0.0996. The number of hydrogen-bond donors (Lipinski definition) is 2. The lowest BCUT2D eigenvalue weighted by atomic mass is 9.91. The summed E-state index contributed by atoms with van der Waals surface area (Å²) in [6, 6.07) is 27.4. The van der Waals surface area contributed by atoms with Gasteiger partial charge in [-0.15, -0.1) is 0 Å². The van der Waals surface area contributed by atoms with E-state index in [4.69, 9.17) is 0 Å². The molecular weight excluding hydrogens is 374 g/mol. The third-order valence-electron chi connectivity index (χ3n) is 5.52. The second-order valence-electron chi connectivity index (χ2n) is 7.28. The fourth-order valence-corrected chi connectivity index (χ4v) is 4.11. The van der Waals surface area contributed by atoms with Crippen LogP contribution in [0.3, 0.4) is 0 Å². The SMILES string of the molecule is O=C1c2ccccc2CN1c1cccc(-c2ccccc2O)c1-c1ccccc1O. The van der Waals surface area contributed by atoms with Crippen molar-refractivity contribution in [2.24, 2.45) is 0 Å². The first-order chi connectivity index (χ1) is 14.6. The summed E-state index contributed by atoms with van der Waals surface area (Å²) in [4.78, 5) is 14.9. The number of carbonyl (C=O) groups excluding carboxylic acids is 1. The van der Waals surface area contributed by atoms with E-state index in [1.165, 1.54) is 0 Å². The number of aromatic hydroxyl groups is 2. The maximum Gasteiger partial charge on any atom is 0.258 e. The van der Waals surface area contributed by atoms with Crippen LogP contribution in [0, 0.1) is 0 Å². The summed E-state index contributed by atoms with van der Waals surface area (Å²) in [7, 11) is 0. The first-order valence-corrected chi connectivity index (χ1v) is 9.74. The summed E-state index contributed by atoms with van der Waals surface area (Å²) in [6.45, 7) is 0.458. The Bertz CT molecular complexity index is 1280. The number of phenolic OH excluding ortho intramolecular Hbond substituents is 2. The van der Waals surface area contributed by atoms with Crippen molar-refractivity contribution in [3.05, 3.63) is 102 Å². The Morgan fingerprint density at radius 1 is 0.600 bits per heavy atom. The highest BCUT2D eigenvalue weighted by Gasteiger charge is 2.31. The van der Waals surface area contributed by atoms with Crippen LogP contribution in [0.5, 0.6) is 11.5 Å². The van der Waals surface area contributed by atoms with E-state index >= 15 is 0 Å². The Labute approximate surface area is 174 Å². The summed E-state index contributed by atoms with van der Waals surface area (Å²) in [6.07, 6.45) is 0. The van der Waals surface area contributed by atoms with E-state index in [0.717, 1.165) is 11.1 Å². The van der Waals surface area contributed by atoms with Crippen molar-refractivity contribution in [2.75, 3.05) is 4.90 Å². The van der Waals surface area contributed by atoms with Gasteiger partial charge < -0.3 is 15.1 Å². The lowest BCUT2D eigenvalue weighted by Crippen LogP contribution is -2.23. The maximum absolute atomic E-state index is 13.2. The molecule has 1 aliphatic heterocycles. The number of carbonyl (C=O) groups is 1. The molecule has 0 aliphatic carbocycles. The molecule has 0 bridgehead atoms. The van der Waals surface area contributed by atoms with Crippen LogP contribution in [0.25, 0.3) is 22.3 Å². The topological polar surface area (TPSA) is 60.8 Å². The molecule has 0 fully saturated rings. The van der Waals surface area contributed by atoms with Gasteiger partial charge in [0.05, 0.1) is 12.2 Å². The second kappa shape index (κ2) is 7.08. The molecule has 146 valence electrons. The van der Waals surface area contributed by atoms with Gasteiger partial charge >= 0.3 is 0 Å². The van der Waals surface area contributed by atoms with Gasteiger partial charge in [-0.05, 0) is 35.4 Å². The van der Waals surface area contributed by atoms with Crippen LogP contribution < -0.4 is 4.90 Å². The standard InChI is InChI=1S/C26H19NO3/c28-23-14-5-3-10-19(23)20-12-7-13-22(25(20)21-11-4-6-15-24(21)29)27-16-17-8-1-2-9-18(17)26(27)30/h1-15,28-29H,16H2. The quantitative estimate of drug-likeness (QED) is 0.477. The summed E-state index contributed by atoms with van der Waals surface area (Å²) < 4.78 is 0. The smallest absolute Gasteiger partial charge is 0.258 e. The molecule has 0 radical (unpaired) electrons. The molecule has 0 saturated carbocycles. The van der Waals surface area contributed by atoms with E-state index in [2.05, 4.69) is 0 Å². The Morgan fingerprint density at radius 2 is 1.17 bits per heavy atom. The molecule has 0 saturated heterocycles. The highest BCUT2D eigenvalue weighted by Crippen LogP contribution is 2.46. The Hall–Kier alpha value is -4.05. The highest BCUT2D eigenvalue weighted by atomic mass is 16.3. The predicted molar refractivity (Wildman–Crippen MR) is 118 cm³/mol. The van der Waals surface area contributed by atoms with E-state index < -0.39 is 0 Å². The molecule has 0 atom stereocenters. The monoisotopic (exact) mass is 393 g/mol. The molecule has 4 aromatic carbocycles. The van der Waals surface area contributed by atoms with Gasteiger partial charge in [-0.25, -0.2) is 0 Å². The molecule has 2 N–H and O–H groups in total.